The van der Waals surface area contributed by atoms with Gasteiger partial charge in [0.15, 0.2) is 0 Å². The van der Waals surface area contributed by atoms with Crippen molar-refractivity contribution in [1.82, 2.24) is 0 Å². The van der Waals surface area contributed by atoms with Gasteiger partial charge in [-0.05, 0) is 31.7 Å². The van der Waals surface area contributed by atoms with Gasteiger partial charge in [-0.15, -0.1) is 0 Å². The highest BCUT2D eigenvalue weighted by Gasteiger charge is 2.27. The number of benzene rings is 1. The summed E-state index contributed by atoms with van der Waals surface area (Å²) in [4.78, 5) is 11.4. The van der Waals surface area contributed by atoms with Crippen molar-refractivity contribution in [1.29, 1.82) is 0 Å². The predicted octanol–water partition coefficient (Wildman–Crippen LogP) is 3.08. The summed E-state index contributed by atoms with van der Waals surface area (Å²) in [6.07, 6.45) is 3.22. The highest BCUT2D eigenvalue weighted by atomic mass is 19.1. The average molecular weight is 296 g/mol. The summed E-state index contributed by atoms with van der Waals surface area (Å²) in [6.45, 7) is 0.239. The summed E-state index contributed by atoms with van der Waals surface area (Å²) in [5, 5.41) is 0. The smallest absolute Gasteiger partial charge is 0.308 e. The summed E-state index contributed by atoms with van der Waals surface area (Å²) in [7, 11) is 2.92. The molecule has 0 atom stereocenters. The number of hydrogen-bond acceptors (Lipinski definition) is 4. The number of rotatable bonds is 5. The van der Waals surface area contributed by atoms with Gasteiger partial charge in [0.05, 0.1) is 32.8 Å². The van der Waals surface area contributed by atoms with E-state index in [2.05, 4.69) is 0 Å². The molecule has 1 fully saturated rings. The maximum Gasteiger partial charge on any atom is 0.308 e. The molecule has 1 aromatic rings. The Morgan fingerprint density at radius 2 is 1.95 bits per heavy atom. The number of hydrogen-bond donors (Lipinski definition) is 0. The Labute approximate surface area is 124 Å². The number of carbonyl (C=O) groups excluding carboxylic acids is 1. The first-order valence-electron chi connectivity index (χ1n) is 7.16. The van der Waals surface area contributed by atoms with Crippen molar-refractivity contribution >= 4 is 5.97 Å². The standard InChI is InChI=1S/C16H21FO4/c1-19-14-8-5-12(15(17)9-14)10-21-13-6-3-11(4-7-13)16(18)20-2/h5,8-9,11,13H,3-4,6-7,10H2,1-2H3. The van der Waals surface area contributed by atoms with Gasteiger partial charge in [-0.3, -0.25) is 4.79 Å². The molecule has 0 saturated heterocycles. The van der Waals surface area contributed by atoms with Crippen LogP contribution in [0.1, 0.15) is 31.2 Å². The molecule has 1 saturated carbocycles. The minimum Gasteiger partial charge on any atom is -0.497 e. The third-order valence-electron chi connectivity index (χ3n) is 3.94. The molecule has 1 aliphatic carbocycles. The summed E-state index contributed by atoms with van der Waals surface area (Å²) in [5.41, 5.74) is 0.519. The fraction of sp³-hybridized carbons (Fsp3) is 0.562. The van der Waals surface area contributed by atoms with Gasteiger partial charge < -0.3 is 14.2 Å². The van der Waals surface area contributed by atoms with Crippen LogP contribution in [0.3, 0.4) is 0 Å². The van der Waals surface area contributed by atoms with E-state index in [4.69, 9.17) is 14.2 Å². The molecule has 0 bridgehead atoms. The van der Waals surface area contributed by atoms with Crippen LogP contribution in [0.15, 0.2) is 18.2 Å². The molecule has 116 valence electrons. The maximum absolute atomic E-state index is 13.8. The highest BCUT2D eigenvalue weighted by Crippen LogP contribution is 2.28. The van der Waals surface area contributed by atoms with Gasteiger partial charge in [-0.1, -0.05) is 6.07 Å². The molecule has 5 heteroatoms. The molecule has 1 aromatic carbocycles. The van der Waals surface area contributed by atoms with Crippen molar-refractivity contribution < 1.29 is 23.4 Å². The van der Waals surface area contributed by atoms with E-state index in [0.29, 0.717) is 11.3 Å². The molecule has 0 radical (unpaired) electrons. The van der Waals surface area contributed by atoms with Crippen molar-refractivity contribution in [3.8, 4) is 5.75 Å². The molecule has 0 N–H and O–H groups in total. The van der Waals surface area contributed by atoms with Crippen molar-refractivity contribution in [2.45, 2.75) is 38.4 Å². The van der Waals surface area contributed by atoms with Gasteiger partial charge in [-0.2, -0.15) is 0 Å². The van der Waals surface area contributed by atoms with Crippen LogP contribution in [0.5, 0.6) is 5.75 Å². The first kappa shape index (κ1) is 15.8. The second-order valence-corrected chi connectivity index (χ2v) is 5.27. The number of esters is 1. The van der Waals surface area contributed by atoms with Crippen LogP contribution in [0.4, 0.5) is 4.39 Å². The average Bonchev–Trinajstić information content (AvgIpc) is 2.53. The van der Waals surface area contributed by atoms with E-state index >= 15 is 0 Å². The van der Waals surface area contributed by atoms with Crippen LogP contribution in [-0.2, 0) is 20.9 Å². The van der Waals surface area contributed by atoms with E-state index in [-0.39, 0.29) is 30.4 Å². The van der Waals surface area contributed by atoms with Gasteiger partial charge in [0.1, 0.15) is 11.6 Å². The maximum atomic E-state index is 13.8. The fourth-order valence-electron chi connectivity index (χ4n) is 2.61. The fourth-order valence-corrected chi connectivity index (χ4v) is 2.61. The Hall–Kier alpha value is -1.62. The minimum atomic E-state index is -0.322. The van der Waals surface area contributed by atoms with E-state index in [1.54, 1.807) is 12.1 Å². The molecular formula is C16H21FO4. The SMILES string of the molecule is COC(=O)C1CCC(OCc2ccc(OC)cc2F)CC1. The zero-order valence-electron chi connectivity index (χ0n) is 12.4. The van der Waals surface area contributed by atoms with Gasteiger partial charge in [0, 0.05) is 11.6 Å². The monoisotopic (exact) mass is 296 g/mol. The molecule has 21 heavy (non-hydrogen) atoms. The molecule has 2 rings (SSSR count). The molecule has 0 aromatic heterocycles. The van der Waals surface area contributed by atoms with E-state index < -0.39 is 0 Å². The molecular weight excluding hydrogens is 275 g/mol. The lowest BCUT2D eigenvalue weighted by atomic mass is 9.87. The lowest BCUT2D eigenvalue weighted by Crippen LogP contribution is -2.27. The zero-order chi connectivity index (χ0) is 15.2. The van der Waals surface area contributed by atoms with Gasteiger partial charge in [0.25, 0.3) is 0 Å². The summed E-state index contributed by atoms with van der Waals surface area (Å²) in [6, 6.07) is 4.75. The Morgan fingerprint density at radius 1 is 1.24 bits per heavy atom. The first-order valence-corrected chi connectivity index (χ1v) is 7.16. The molecule has 0 aliphatic heterocycles. The van der Waals surface area contributed by atoms with Crippen molar-refractivity contribution in [2.75, 3.05) is 14.2 Å². The van der Waals surface area contributed by atoms with Crippen molar-refractivity contribution in [2.24, 2.45) is 5.92 Å². The highest BCUT2D eigenvalue weighted by molar-refractivity contribution is 5.72. The van der Waals surface area contributed by atoms with Crippen molar-refractivity contribution in [3.05, 3.63) is 29.6 Å². The van der Waals surface area contributed by atoms with Crippen LogP contribution in [-0.4, -0.2) is 26.3 Å². The Kier molecular flexibility index (Phi) is 5.56. The van der Waals surface area contributed by atoms with Crippen LogP contribution in [0, 0.1) is 11.7 Å². The minimum absolute atomic E-state index is 0.0208. The number of methoxy groups -OCH3 is 2. The molecule has 0 spiro atoms. The van der Waals surface area contributed by atoms with E-state index in [0.717, 1.165) is 25.7 Å². The van der Waals surface area contributed by atoms with Gasteiger partial charge >= 0.3 is 5.97 Å². The van der Waals surface area contributed by atoms with Crippen LogP contribution in [0.2, 0.25) is 0 Å². The van der Waals surface area contributed by atoms with Crippen LogP contribution in [0.25, 0.3) is 0 Å². The predicted molar refractivity (Wildman–Crippen MR) is 75.5 cm³/mol. The topological polar surface area (TPSA) is 44.8 Å². The zero-order valence-corrected chi connectivity index (χ0v) is 12.4. The third kappa shape index (κ3) is 4.17. The second kappa shape index (κ2) is 7.41. The lowest BCUT2D eigenvalue weighted by molar-refractivity contribution is -0.147. The van der Waals surface area contributed by atoms with Gasteiger partial charge in [0.2, 0.25) is 0 Å². The lowest BCUT2D eigenvalue weighted by Gasteiger charge is -2.27. The largest absolute Gasteiger partial charge is 0.497 e. The first-order chi connectivity index (χ1) is 10.1. The second-order valence-electron chi connectivity index (χ2n) is 5.27. The van der Waals surface area contributed by atoms with E-state index in [1.807, 2.05) is 0 Å². The van der Waals surface area contributed by atoms with Gasteiger partial charge in [-0.25, -0.2) is 4.39 Å². The number of halogens is 1. The van der Waals surface area contributed by atoms with Crippen LogP contribution < -0.4 is 4.74 Å². The number of carbonyl (C=O) groups is 1. The third-order valence-corrected chi connectivity index (χ3v) is 3.94. The summed E-state index contributed by atoms with van der Waals surface area (Å²) >= 11 is 0. The normalized spacial score (nSPS) is 21.9. The quantitative estimate of drug-likeness (QED) is 0.783. The molecule has 0 amide bonds. The summed E-state index contributed by atoms with van der Waals surface area (Å²) < 4.78 is 29.3. The Morgan fingerprint density at radius 3 is 2.52 bits per heavy atom. The Balaban J connectivity index is 1.81. The number of ether oxygens (including phenoxy) is 3. The molecule has 0 unspecified atom stereocenters. The molecule has 4 nitrogen and oxygen atoms in total. The van der Waals surface area contributed by atoms with E-state index in [1.165, 1.54) is 20.3 Å². The molecule has 1 aliphatic rings. The Bertz CT molecular complexity index is 481. The summed E-state index contributed by atoms with van der Waals surface area (Å²) in [5.74, 6) is 0.00894. The molecule has 0 heterocycles. The van der Waals surface area contributed by atoms with E-state index in [9.17, 15) is 9.18 Å². The van der Waals surface area contributed by atoms with Crippen LogP contribution >= 0.6 is 0 Å². The van der Waals surface area contributed by atoms with Crippen molar-refractivity contribution in [3.63, 3.8) is 0 Å².